The van der Waals surface area contributed by atoms with Gasteiger partial charge in [-0.05, 0) is 25.7 Å². The molecule has 0 radical (unpaired) electrons. The molecule has 1 aromatic rings. The molecule has 3 amide bonds. The van der Waals surface area contributed by atoms with Gasteiger partial charge < -0.3 is 10.6 Å². The third-order valence-electron chi connectivity index (χ3n) is 4.24. The Kier molecular flexibility index (Phi) is 7.55. The summed E-state index contributed by atoms with van der Waals surface area (Å²) < 4.78 is 0. The molecule has 1 saturated carbocycles. The van der Waals surface area contributed by atoms with Crippen molar-refractivity contribution in [1.82, 2.24) is 25.9 Å². The van der Waals surface area contributed by atoms with E-state index in [0.717, 1.165) is 32.1 Å². The predicted octanol–water partition coefficient (Wildman–Crippen LogP) is 0.369. The van der Waals surface area contributed by atoms with Crippen molar-refractivity contribution in [2.45, 2.75) is 45.1 Å². The molecule has 1 heterocycles. The second-order valence-corrected chi connectivity index (χ2v) is 6.08. The summed E-state index contributed by atoms with van der Waals surface area (Å²) >= 11 is 0. The minimum absolute atomic E-state index is 0.0304. The van der Waals surface area contributed by atoms with Gasteiger partial charge in [-0.1, -0.05) is 25.2 Å². The van der Waals surface area contributed by atoms with E-state index in [2.05, 4.69) is 37.9 Å². The minimum atomic E-state index is -0.713. The Bertz CT molecular complexity index is 690. The average Bonchev–Trinajstić information content (AvgIpc) is 2.69. The molecule has 0 aliphatic heterocycles. The van der Waals surface area contributed by atoms with Gasteiger partial charge in [-0.25, -0.2) is 4.98 Å². The number of carbonyl (C=O) groups is 3. The van der Waals surface area contributed by atoms with Crippen LogP contribution < -0.4 is 16.0 Å². The molecule has 1 aliphatic rings. The molecular formula is C18H23N5O3. The van der Waals surface area contributed by atoms with E-state index >= 15 is 0 Å². The summed E-state index contributed by atoms with van der Waals surface area (Å²) in [5, 5.41) is 7.68. The van der Waals surface area contributed by atoms with Crippen LogP contribution in [0.2, 0.25) is 0 Å². The Morgan fingerprint density at radius 2 is 2.00 bits per heavy atom. The van der Waals surface area contributed by atoms with Gasteiger partial charge >= 0.3 is 0 Å². The summed E-state index contributed by atoms with van der Waals surface area (Å²) in [4.78, 5) is 44.4. The van der Waals surface area contributed by atoms with E-state index in [0.29, 0.717) is 0 Å². The molecule has 0 aromatic carbocycles. The highest BCUT2D eigenvalue weighted by Gasteiger charge is 2.31. The van der Waals surface area contributed by atoms with Crippen LogP contribution in [0.15, 0.2) is 18.6 Å². The fraction of sp³-hybridized carbons (Fsp3) is 0.500. The average molecular weight is 357 g/mol. The lowest BCUT2D eigenvalue weighted by Gasteiger charge is -2.29. The largest absolute Gasteiger partial charge is 0.345 e. The highest BCUT2D eigenvalue weighted by Crippen LogP contribution is 2.26. The molecule has 8 heteroatoms. The van der Waals surface area contributed by atoms with Crippen LogP contribution in [0.3, 0.4) is 0 Å². The van der Waals surface area contributed by atoms with Crippen LogP contribution in [0.5, 0.6) is 0 Å². The number of aromatic nitrogens is 2. The fourth-order valence-corrected chi connectivity index (χ4v) is 2.95. The van der Waals surface area contributed by atoms with Crippen molar-refractivity contribution in [3.63, 3.8) is 0 Å². The van der Waals surface area contributed by atoms with Crippen LogP contribution in [0, 0.1) is 17.9 Å². The van der Waals surface area contributed by atoms with Crippen molar-refractivity contribution < 1.29 is 14.4 Å². The van der Waals surface area contributed by atoms with Crippen LogP contribution in [-0.2, 0) is 9.59 Å². The number of rotatable bonds is 6. The van der Waals surface area contributed by atoms with Crippen molar-refractivity contribution in [3.8, 4) is 12.0 Å². The van der Waals surface area contributed by atoms with Crippen LogP contribution in [-0.4, -0.2) is 40.3 Å². The zero-order valence-electron chi connectivity index (χ0n) is 14.7. The lowest BCUT2D eigenvalue weighted by atomic mass is 9.83. The molecule has 0 spiro atoms. The molecule has 138 valence electrons. The highest BCUT2D eigenvalue weighted by atomic mass is 16.2. The minimum Gasteiger partial charge on any atom is -0.345 e. The zero-order valence-corrected chi connectivity index (χ0v) is 14.7. The number of hydrogen-bond donors (Lipinski definition) is 3. The molecule has 1 aromatic heterocycles. The smallest absolute Gasteiger partial charge is 0.272 e. The van der Waals surface area contributed by atoms with Gasteiger partial charge in [-0.2, -0.15) is 0 Å². The lowest BCUT2D eigenvalue weighted by Crippen LogP contribution is -2.52. The maximum absolute atomic E-state index is 12.6. The first-order valence-electron chi connectivity index (χ1n) is 8.67. The van der Waals surface area contributed by atoms with Gasteiger partial charge in [0, 0.05) is 18.4 Å². The van der Waals surface area contributed by atoms with E-state index < -0.39 is 17.9 Å². The Labute approximate surface area is 152 Å². The summed E-state index contributed by atoms with van der Waals surface area (Å²) in [5.74, 6) is 1.33. The van der Waals surface area contributed by atoms with E-state index in [-0.39, 0.29) is 24.1 Å². The first-order chi connectivity index (χ1) is 12.6. The maximum atomic E-state index is 12.6. The molecule has 0 unspecified atom stereocenters. The van der Waals surface area contributed by atoms with Crippen LogP contribution in [0.4, 0.5) is 0 Å². The van der Waals surface area contributed by atoms with Crippen LogP contribution in [0.1, 0.15) is 49.5 Å². The standard InChI is InChI=1S/C18H23N5O3/c1-2-8-21-15(24)12-22-18(26)16(13-6-4-3-5-7-13)23-17(25)14-11-19-9-10-20-14/h9-11,13,16H,3-7,12H2,1H3,(H,21,24)(H,22,26)(H,23,25)/t16-/m0/s1. The quantitative estimate of drug-likeness (QED) is 0.503. The third kappa shape index (κ3) is 5.84. The van der Waals surface area contributed by atoms with Crippen molar-refractivity contribution >= 4 is 17.7 Å². The maximum Gasteiger partial charge on any atom is 0.272 e. The summed E-state index contributed by atoms with van der Waals surface area (Å²) in [6.07, 6.45) is 9.11. The van der Waals surface area contributed by atoms with Gasteiger partial charge in [0.15, 0.2) is 0 Å². The molecule has 1 aliphatic carbocycles. The van der Waals surface area contributed by atoms with Crippen molar-refractivity contribution in [2.75, 3.05) is 6.54 Å². The molecule has 26 heavy (non-hydrogen) atoms. The summed E-state index contributed by atoms with van der Waals surface area (Å²) in [7, 11) is 0. The first-order valence-corrected chi connectivity index (χ1v) is 8.67. The molecule has 8 nitrogen and oxygen atoms in total. The zero-order chi connectivity index (χ0) is 18.8. The summed E-state index contributed by atoms with van der Waals surface area (Å²) in [6.45, 7) is 1.40. The molecule has 0 bridgehead atoms. The number of nitrogens with one attached hydrogen (secondary N) is 3. The fourth-order valence-electron chi connectivity index (χ4n) is 2.95. The van der Waals surface area contributed by atoms with E-state index in [1.807, 2.05) is 0 Å². The van der Waals surface area contributed by atoms with Gasteiger partial charge in [0.05, 0.1) is 12.7 Å². The van der Waals surface area contributed by atoms with Gasteiger partial charge in [0.2, 0.25) is 5.91 Å². The molecule has 1 atom stereocenters. The van der Waals surface area contributed by atoms with Gasteiger partial charge in [0.1, 0.15) is 11.7 Å². The van der Waals surface area contributed by atoms with E-state index in [1.54, 1.807) is 6.92 Å². The molecule has 2 rings (SSSR count). The van der Waals surface area contributed by atoms with Crippen LogP contribution >= 0.6 is 0 Å². The Morgan fingerprint density at radius 3 is 2.65 bits per heavy atom. The number of hydrogen-bond acceptors (Lipinski definition) is 5. The monoisotopic (exact) mass is 357 g/mol. The molecule has 0 saturated heterocycles. The Balaban J connectivity index is 2.02. The van der Waals surface area contributed by atoms with Crippen molar-refractivity contribution in [2.24, 2.45) is 5.92 Å². The van der Waals surface area contributed by atoms with Crippen LogP contribution in [0.25, 0.3) is 0 Å². The van der Waals surface area contributed by atoms with Gasteiger partial charge in [-0.3, -0.25) is 24.7 Å². The predicted molar refractivity (Wildman–Crippen MR) is 94.5 cm³/mol. The topological polar surface area (TPSA) is 113 Å². The number of amides is 3. The van der Waals surface area contributed by atoms with Crippen molar-refractivity contribution in [1.29, 1.82) is 0 Å². The second kappa shape index (κ2) is 10.1. The number of carbonyl (C=O) groups excluding carboxylic acids is 3. The van der Waals surface area contributed by atoms with E-state index in [1.165, 1.54) is 18.6 Å². The summed E-state index contributed by atoms with van der Waals surface area (Å²) in [6, 6.07) is 1.72. The van der Waals surface area contributed by atoms with Crippen molar-refractivity contribution in [3.05, 3.63) is 24.3 Å². The molecule has 3 N–H and O–H groups in total. The molecule has 1 fully saturated rings. The number of nitrogens with zero attached hydrogens (tertiary/aromatic N) is 2. The van der Waals surface area contributed by atoms with E-state index in [4.69, 9.17) is 0 Å². The van der Waals surface area contributed by atoms with Gasteiger partial charge in [-0.15, -0.1) is 0 Å². The second-order valence-electron chi connectivity index (χ2n) is 6.08. The highest BCUT2D eigenvalue weighted by molar-refractivity contribution is 5.96. The third-order valence-corrected chi connectivity index (χ3v) is 4.24. The lowest BCUT2D eigenvalue weighted by molar-refractivity contribution is -0.127. The normalized spacial score (nSPS) is 15.1. The Hall–Kier alpha value is -2.95. The van der Waals surface area contributed by atoms with E-state index in [9.17, 15) is 14.4 Å². The first kappa shape index (κ1) is 19.4. The van der Waals surface area contributed by atoms with Gasteiger partial charge in [0.25, 0.3) is 11.8 Å². The molecular weight excluding hydrogens is 334 g/mol. The SMILES string of the molecule is CC#CNC(=O)CNC(=O)[C@@H](NC(=O)c1cnccn1)C1CCCCC1. The Morgan fingerprint density at radius 1 is 1.23 bits per heavy atom. The summed E-state index contributed by atoms with van der Waals surface area (Å²) in [5.41, 5.74) is 0.150.